The van der Waals surface area contributed by atoms with E-state index < -0.39 is 0 Å². The number of carbonyl (C=O) groups excluding carboxylic acids is 2. The van der Waals surface area contributed by atoms with E-state index in [2.05, 4.69) is 47.9 Å². The number of benzene rings is 2. The first-order valence-electron chi connectivity index (χ1n) is 15.5. The Morgan fingerprint density at radius 2 is 1.52 bits per heavy atom. The van der Waals surface area contributed by atoms with E-state index in [9.17, 15) is 9.59 Å². The van der Waals surface area contributed by atoms with Crippen LogP contribution in [0, 0.1) is 23.7 Å². The first-order chi connectivity index (χ1) is 19.5. The average Bonchev–Trinajstić information content (AvgIpc) is 3.44. The number of likely N-dealkylation sites (tertiary alicyclic amines) is 2. The number of ether oxygens (including phenoxy) is 1. The second-order valence-corrected chi connectivity index (χ2v) is 12.8. The minimum absolute atomic E-state index is 0.00875. The Morgan fingerprint density at radius 3 is 2.17 bits per heavy atom. The minimum Gasteiger partial charge on any atom is -0.375 e. The summed E-state index contributed by atoms with van der Waals surface area (Å²) in [6.45, 7) is 8.56. The second kappa shape index (κ2) is 11.7. The Bertz CT molecular complexity index is 1150. The number of hydrogen-bond acceptors (Lipinski definition) is 5. The van der Waals surface area contributed by atoms with Crippen molar-refractivity contribution in [2.45, 2.75) is 70.6 Å². The zero-order valence-electron chi connectivity index (χ0n) is 24.2. The van der Waals surface area contributed by atoms with E-state index in [1.54, 1.807) is 0 Å². The SMILES string of the molecule is CC(C)C1CCC(N2CCC3(CC2)[C@@H]2C(=O)N(CCOCc4ccccc4)C(=O)[C@@H]2CN3c2ccccc2)CC1. The molecule has 0 unspecified atom stereocenters. The molecule has 2 aromatic rings. The standard InChI is InChI=1S/C34H45N3O3/c1-25(2)27-13-15-28(16-14-27)35-19-17-34(18-20-35)31-30(23-37(34)29-11-7-4-8-12-29)32(38)36(33(31)39)21-22-40-24-26-9-5-3-6-10-26/h3-12,25,27-28,30-31H,13-24H2,1-2H3/t27?,28?,30-,31+/m1/s1. The van der Waals surface area contributed by atoms with Crippen LogP contribution in [0.4, 0.5) is 5.69 Å². The van der Waals surface area contributed by atoms with Crippen LogP contribution in [0.3, 0.4) is 0 Å². The Labute approximate surface area is 239 Å². The highest BCUT2D eigenvalue weighted by Gasteiger charge is 2.65. The Morgan fingerprint density at radius 1 is 0.875 bits per heavy atom. The topological polar surface area (TPSA) is 53.1 Å². The van der Waals surface area contributed by atoms with E-state index in [4.69, 9.17) is 4.74 Å². The molecular formula is C34H45N3O3. The first-order valence-corrected chi connectivity index (χ1v) is 15.5. The van der Waals surface area contributed by atoms with Gasteiger partial charge >= 0.3 is 0 Å². The Balaban J connectivity index is 1.15. The molecule has 4 fully saturated rings. The molecule has 214 valence electrons. The van der Waals surface area contributed by atoms with Gasteiger partial charge in [0, 0.05) is 31.4 Å². The first kappa shape index (κ1) is 27.5. The summed E-state index contributed by atoms with van der Waals surface area (Å²) in [4.78, 5) is 34.3. The number of nitrogens with zero attached hydrogens (tertiary/aromatic N) is 3. The van der Waals surface area contributed by atoms with Crippen LogP contribution in [0.25, 0.3) is 0 Å². The molecule has 6 nitrogen and oxygen atoms in total. The van der Waals surface area contributed by atoms with E-state index in [0.29, 0.717) is 32.3 Å². The molecule has 0 radical (unpaired) electrons. The Hall–Kier alpha value is -2.70. The maximum Gasteiger partial charge on any atom is 0.235 e. The fraction of sp³-hybridized carbons (Fsp3) is 0.588. The van der Waals surface area contributed by atoms with Crippen LogP contribution < -0.4 is 4.90 Å². The number of hydrogen-bond donors (Lipinski definition) is 0. The van der Waals surface area contributed by atoms with Gasteiger partial charge in [-0.05, 0) is 68.1 Å². The van der Waals surface area contributed by atoms with Crippen LogP contribution in [0.1, 0.15) is 57.9 Å². The molecule has 0 bridgehead atoms. The number of carbonyl (C=O) groups is 2. The van der Waals surface area contributed by atoms with Gasteiger partial charge in [-0.1, -0.05) is 62.4 Å². The smallest absolute Gasteiger partial charge is 0.235 e. The van der Waals surface area contributed by atoms with Crippen LogP contribution in [0.5, 0.6) is 0 Å². The van der Waals surface area contributed by atoms with Crippen LogP contribution in [-0.4, -0.2) is 66.0 Å². The van der Waals surface area contributed by atoms with Crippen molar-refractivity contribution in [2.24, 2.45) is 23.7 Å². The summed E-state index contributed by atoms with van der Waals surface area (Å²) in [7, 11) is 0. The molecule has 6 heteroatoms. The highest BCUT2D eigenvalue weighted by molar-refractivity contribution is 6.07. The summed E-state index contributed by atoms with van der Waals surface area (Å²) in [6.07, 6.45) is 7.12. The van der Waals surface area contributed by atoms with Gasteiger partial charge in [-0.15, -0.1) is 0 Å². The molecule has 3 heterocycles. The highest BCUT2D eigenvalue weighted by atomic mass is 16.5. The number of fused-ring (bicyclic) bond motifs is 2. The van der Waals surface area contributed by atoms with Crippen LogP contribution in [0.2, 0.25) is 0 Å². The fourth-order valence-electron chi connectivity index (χ4n) is 8.23. The third kappa shape index (κ3) is 5.09. The third-order valence-electron chi connectivity index (χ3n) is 10.5. The monoisotopic (exact) mass is 543 g/mol. The molecule has 2 atom stereocenters. The van der Waals surface area contributed by atoms with Gasteiger partial charge in [0.05, 0.1) is 37.1 Å². The van der Waals surface area contributed by atoms with Crippen molar-refractivity contribution in [3.05, 3.63) is 66.2 Å². The lowest BCUT2D eigenvalue weighted by atomic mass is 9.73. The predicted molar refractivity (Wildman–Crippen MR) is 158 cm³/mol. The number of anilines is 1. The van der Waals surface area contributed by atoms with Crippen molar-refractivity contribution < 1.29 is 14.3 Å². The van der Waals surface area contributed by atoms with Gasteiger partial charge in [-0.3, -0.25) is 14.5 Å². The molecule has 0 N–H and O–H groups in total. The normalized spacial score (nSPS) is 28.6. The predicted octanol–water partition coefficient (Wildman–Crippen LogP) is 5.37. The lowest BCUT2D eigenvalue weighted by molar-refractivity contribution is -0.141. The van der Waals surface area contributed by atoms with Crippen molar-refractivity contribution in [2.75, 3.05) is 37.7 Å². The number of imide groups is 1. The third-order valence-corrected chi connectivity index (χ3v) is 10.5. The van der Waals surface area contributed by atoms with Crippen molar-refractivity contribution in [3.8, 4) is 0 Å². The molecule has 4 aliphatic rings. The zero-order valence-corrected chi connectivity index (χ0v) is 24.2. The van der Waals surface area contributed by atoms with Gasteiger partial charge in [0.2, 0.25) is 11.8 Å². The molecule has 1 aliphatic carbocycles. The van der Waals surface area contributed by atoms with Crippen LogP contribution >= 0.6 is 0 Å². The number of piperidine rings is 1. The molecule has 2 amide bonds. The molecule has 3 aliphatic heterocycles. The molecule has 40 heavy (non-hydrogen) atoms. The molecule has 1 saturated carbocycles. The lowest BCUT2D eigenvalue weighted by Gasteiger charge is -2.50. The highest BCUT2D eigenvalue weighted by Crippen LogP contribution is 2.52. The van der Waals surface area contributed by atoms with Gasteiger partial charge < -0.3 is 14.5 Å². The van der Waals surface area contributed by atoms with Crippen LogP contribution in [0.15, 0.2) is 60.7 Å². The van der Waals surface area contributed by atoms with Crippen LogP contribution in [-0.2, 0) is 20.9 Å². The summed E-state index contributed by atoms with van der Waals surface area (Å²) in [5.74, 6) is 1.11. The van der Waals surface area contributed by atoms with Crippen molar-refractivity contribution in [1.29, 1.82) is 0 Å². The number of rotatable bonds is 8. The van der Waals surface area contributed by atoms with E-state index in [1.165, 1.54) is 30.6 Å². The zero-order chi connectivity index (χ0) is 27.7. The summed E-state index contributed by atoms with van der Waals surface area (Å²) < 4.78 is 5.87. The largest absolute Gasteiger partial charge is 0.375 e. The van der Waals surface area contributed by atoms with Gasteiger partial charge in [-0.25, -0.2) is 0 Å². The quantitative estimate of drug-likeness (QED) is 0.331. The Kier molecular flexibility index (Phi) is 8.00. The molecule has 1 spiro atoms. The summed E-state index contributed by atoms with van der Waals surface area (Å²) in [5.41, 5.74) is 1.94. The van der Waals surface area contributed by atoms with Crippen molar-refractivity contribution in [1.82, 2.24) is 9.80 Å². The maximum atomic E-state index is 14.0. The molecule has 0 aromatic heterocycles. The molecule has 3 saturated heterocycles. The van der Waals surface area contributed by atoms with E-state index in [-0.39, 0.29) is 29.2 Å². The van der Waals surface area contributed by atoms with Gasteiger partial charge in [0.25, 0.3) is 0 Å². The van der Waals surface area contributed by atoms with E-state index >= 15 is 0 Å². The molecular weight excluding hydrogens is 498 g/mol. The molecule has 2 aromatic carbocycles. The number of amides is 2. The van der Waals surface area contributed by atoms with Gasteiger partial charge in [0.1, 0.15) is 0 Å². The summed E-state index contributed by atoms with van der Waals surface area (Å²) >= 11 is 0. The maximum absolute atomic E-state index is 14.0. The van der Waals surface area contributed by atoms with E-state index in [0.717, 1.165) is 49.0 Å². The summed E-state index contributed by atoms with van der Waals surface area (Å²) in [5, 5.41) is 0. The van der Waals surface area contributed by atoms with Gasteiger partial charge in [-0.2, -0.15) is 0 Å². The fourth-order valence-corrected chi connectivity index (χ4v) is 8.23. The van der Waals surface area contributed by atoms with Gasteiger partial charge in [0.15, 0.2) is 0 Å². The number of para-hydroxylation sites is 1. The van der Waals surface area contributed by atoms with E-state index in [1.807, 2.05) is 36.4 Å². The summed E-state index contributed by atoms with van der Waals surface area (Å²) in [6, 6.07) is 21.2. The molecule has 6 rings (SSSR count). The lowest BCUT2D eigenvalue weighted by Crippen LogP contribution is -2.59. The average molecular weight is 544 g/mol. The van der Waals surface area contributed by atoms with Crippen molar-refractivity contribution >= 4 is 17.5 Å². The minimum atomic E-state index is -0.302. The van der Waals surface area contributed by atoms with Crippen molar-refractivity contribution in [3.63, 3.8) is 0 Å². The second-order valence-electron chi connectivity index (χ2n) is 12.8.